The van der Waals surface area contributed by atoms with Crippen LogP contribution in [-0.4, -0.2) is 38.1 Å². The van der Waals surface area contributed by atoms with Crippen LogP contribution in [0.25, 0.3) is 0 Å². The fourth-order valence-corrected chi connectivity index (χ4v) is 1.40. The van der Waals surface area contributed by atoms with Crippen LogP contribution in [0, 0.1) is 0 Å². The maximum absolute atomic E-state index is 8.52. The Morgan fingerprint density at radius 2 is 2.00 bits per heavy atom. The maximum atomic E-state index is 8.52. The van der Waals surface area contributed by atoms with E-state index in [0.717, 1.165) is 18.8 Å². The molecule has 0 saturated heterocycles. The number of hydrogen-bond donors (Lipinski definition) is 2. The number of nitrogens with one attached hydrogen (secondary N) is 1. The van der Waals surface area contributed by atoms with Crippen LogP contribution in [0.5, 0.6) is 5.75 Å². The van der Waals surface area contributed by atoms with Gasteiger partial charge in [0.05, 0.1) is 19.8 Å². The first-order valence-electron chi connectivity index (χ1n) is 6.08. The number of rotatable bonds is 10. The smallest absolute Gasteiger partial charge is 0.119 e. The highest BCUT2D eigenvalue weighted by molar-refractivity contribution is 5.27. The molecule has 0 atom stereocenters. The predicted octanol–water partition coefficient (Wildman–Crippen LogP) is 1.35. The van der Waals surface area contributed by atoms with Crippen LogP contribution in [-0.2, 0) is 11.3 Å². The third-order valence-electron chi connectivity index (χ3n) is 2.28. The molecular weight excluding hydrogens is 230 g/mol. The molecule has 0 unspecified atom stereocenters. The minimum Gasteiger partial charge on any atom is -0.490 e. The minimum absolute atomic E-state index is 0.0756. The van der Waals surface area contributed by atoms with Crippen molar-refractivity contribution in [3.63, 3.8) is 0 Å². The van der Waals surface area contributed by atoms with Crippen molar-refractivity contribution >= 4 is 0 Å². The molecule has 0 amide bonds. The lowest BCUT2D eigenvalue weighted by molar-refractivity contribution is 0.0938. The Kier molecular flexibility index (Phi) is 7.88. The van der Waals surface area contributed by atoms with Gasteiger partial charge in [-0.3, -0.25) is 0 Å². The van der Waals surface area contributed by atoms with Crippen molar-refractivity contribution in [1.29, 1.82) is 0 Å². The van der Waals surface area contributed by atoms with Crippen LogP contribution < -0.4 is 10.1 Å². The number of ether oxygens (including phenoxy) is 2. The van der Waals surface area contributed by atoms with Crippen LogP contribution in [0.1, 0.15) is 5.56 Å². The second-order valence-corrected chi connectivity index (χ2v) is 3.76. The van der Waals surface area contributed by atoms with Crippen LogP contribution in [0.4, 0.5) is 0 Å². The quantitative estimate of drug-likeness (QED) is 0.487. The molecule has 1 aromatic rings. The minimum atomic E-state index is 0.0756. The highest BCUT2D eigenvalue weighted by Gasteiger charge is 1.95. The first kappa shape index (κ1) is 14.7. The van der Waals surface area contributed by atoms with Gasteiger partial charge in [0.15, 0.2) is 0 Å². The number of aliphatic hydroxyl groups is 1. The van der Waals surface area contributed by atoms with Gasteiger partial charge in [-0.2, -0.15) is 0 Å². The molecule has 2 N–H and O–H groups in total. The van der Waals surface area contributed by atoms with Crippen molar-refractivity contribution in [2.75, 3.05) is 33.0 Å². The van der Waals surface area contributed by atoms with Crippen molar-refractivity contribution in [2.45, 2.75) is 6.54 Å². The molecule has 4 nitrogen and oxygen atoms in total. The molecule has 0 saturated carbocycles. The van der Waals surface area contributed by atoms with Gasteiger partial charge in [-0.25, -0.2) is 0 Å². The summed E-state index contributed by atoms with van der Waals surface area (Å²) in [5.41, 5.74) is 1.20. The van der Waals surface area contributed by atoms with Crippen molar-refractivity contribution in [3.8, 4) is 5.75 Å². The van der Waals surface area contributed by atoms with E-state index in [9.17, 15) is 0 Å². The molecule has 0 bridgehead atoms. The lowest BCUT2D eigenvalue weighted by atomic mass is 10.2. The van der Waals surface area contributed by atoms with Gasteiger partial charge < -0.3 is 19.9 Å². The first-order chi connectivity index (χ1) is 8.86. The second kappa shape index (κ2) is 9.65. The molecule has 0 radical (unpaired) electrons. The summed E-state index contributed by atoms with van der Waals surface area (Å²) in [6.07, 6.45) is 1.72. The Morgan fingerprint density at radius 3 is 2.67 bits per heavy atom. The van der Waals surface area contributed by atoms with Gasteiger partial charge in [0.25, 0.3) is 0 Å². The Hall–Kier alpha value is -1.36. The van der Waals surface area contributed by atoms with E-state index in [1.54, 1.807) is 6.08 Å². The van der Waals surface area contributed by atoms with E-state index in [2.05, 4.69) is 11.9 Å². The molecule has 100 valence electrons. The standard InChI is InChI=1S/C14H21NO3/c1-2-9-18-14-5-3-13(4-6-14)12-15-7-10-17-11-8-16/h2-6,15-16H,1,7-12H2. The molecule has 18 heavy (non-hydrogen) atoms. The van der Waals surface area contributed by atoms with Crippen LogP contribution in [0.3, 0.4) is 0 Å². The third-order valence-corrected chi connectivity index (χ3v) is 2.28. The first-order valence-corrected chi connectivity index (χ1v) is 6.08. The predicted molar refractivity (Wildman–Crippen MR) is 71.7 cm³/mol. The summed E-state index contributed by atoms with van der Waals surface area (Å²) in [6, 6.07) is 7.95. The Morgan fingerprint density at radius 1 is 1.22 bits per heavy atom. The summed E-state index contributed by atoms with van der Waals surface area (Å²) in [5.74, 6) is 0.852. The lowest BCUT2D eigenvalue weighted by Gasteiger charge is -2.07. The van der Waals surface area contributed by atoms with Gasteiger partial charge >= 0.3 is 0 Å². The van der Waals surface area contributed by atoms with Gasteiger partial charge in [0.2, 0.25) is 0 Å². The lowest BCUT2D eigenvalue weighted by Crippen LogP contribution is -2.19. The highest BCUT2D eigenvalue weighted by atomic mass is 16.5. The largest absolute Gasteiger partial charge is 0.490 e. The molecular formula is C14H21NO3. The van der Waals surface area contributed by atoms with Crippen molar-refractivity contribution in [3.05, 3.63) is 42.5 Å². The molecule has 0 aliphatic carbocycles. The zero-order valence-corrected chi connectivity index (χ0v) is 10.6. The van der Waals surface area contributed by atoms with Gasteiger partial charge in [-0.05, 0) is 17.7 Å². The van der Waals surface area contributed by atoms with Gasteiger partial charge in [-0.1, -0.05) is 24.8 Å². The normalized spacial score (nSPS) is 10.3. The monoisotopic (exact) mass is 251 g/mol. The van der Waals surface area contributed by atoms with Crippen molar-refractivity contribution < 1.29 is 14.6 Å². The number of benzene rings is 1. The molecule has 0 aromatic heterocycles. The van der Waals surface area contributed by atoms with Gasteiger partial charge in [0, 0.05) is 13.1 Å². The van der Waals surface area contributed by atoms with E-state index in [-0.39, 0.29) is 6.61 Å². The highest BCUT2D eigenvalue weighted by Crippen LogP contribution is 2.11. The van der Waals surface area contributed by atoms with Crippen molar-refractivity contribution in [1.82, 2.24) is 5.32 Å². The maximum Gasteiger partial charge on any atom is 0.119 e. The fourth-order valence-electron chi connectivity index (χ4n) is 1.40. The van der Waals surface area contributed by atoms with Gasteiger partial charge in [-0.15, -0.1) is 0 Å². The molecule has 1 aromatic carbocycles. The number of hydrogen-bond acceptors (Lipinski definition) is 4. The van der Waals surface area contributed by atoms with Crippen molar-refractivity contribution in [2.24, 2.45) is 0 Å². The summed E-state index contributed by atoms with van der Waals surface area (Å²) in [4.78, 5) is 0. The van der Waals surface area contributed by atoms with E-state index in [0.29, 0.717) is 19.8 Å². The second-order valence-electron chi connectivity index (χ2n) is 3.76. The molecule has 0 heterocycles. The zero-order valence-electron chi connectivity index (χ0n) is 10.6. The fraction of sp³-hybridized carbons (Fsp3) is 0.429. The summed E-state index contributed by atoms with van der Waals surface area (Å²) < 4.78 is 10.5. The molecule has 0 aliphatic heterocycles. The van der Waals surface area contributed by atoms with Gasteiger partial charge in [0.1, 0.15) is 12.4 Å². The summed E-state index contributed by atoms with van der Waals surface area (Å²) in [5, 5.41) is 11.8. The number of aliphatic hydroxyl groups excluding tert-OH is 1. The van der Waals surface area contributed by atoms with E-state index in [4.69, 9.17) is 14.6 Å². The van der Waals surface area contributed by atoms with Crippen LogP contribution >= 0.6 is 0 Å². The third kappa shape index (κ3) is 6.39. The SMILES string of the molecule is C=CCOc1ccc(CNCCOCCO)cc1. The van der Waals surface area contributed by atoms with E-state index in [1.165, 1.54) is 5.56 Å². The van der Waals surface area contributed by atoms with Crippen LogP contribution in [0.2, 0.25) is 0 Å². The van der Waals surface area contributed by atoms with Crippen LogP contribution in [0.15, 0.2) is 36.9 Å². The molecule has 4 heteroatoms. The molecule has 1 rings (SSSR count). The summed E-state index contributed by atoms with van der Waals surface area (Å²) in [7, 11) is 0. The Balaban J connectivity index is 2.16. The zero-order chi connectivity index (χ0) is 13.1. The molecule has 0 fully saturated rings. The Bertz CT molecular complexity index is 324. The molecule has 0 spiro atoms. The average Bonchev–Trinajstić information content (AvgIpc) is 2.42. The average molecular weight is 251 g/mol. The Labute approximate surface area is 108 Å². The molecule has 0 aliphatic rings. The summed E-state index contributed by atoms with van der Waals surface area (Å²) in [6.45, 7) is 6.79. The van der Waals surface area contributed by atoms with E-state index >= 15 is 0 Å². The topological polar surface area (TPSA) is 50.7 Å². The summed E-state index contributed by atoms with van der Waals surface area (Å²) >= 11 is 0. The van der Waals surface area contributed by atoms with E-state index < -0.39 is 0 Å². The van der Waals surface area contributed by atoms with E-state index in [1.807, 2.05) is 24.3 Å².